The molecule has 0 spiro atoms. The molecule has 0 aliphatic carbocycles. The van der Waals surface area contributed by atoms with Crippen LogP contribution in [-0.4, -0.2) is 53.6 Å². The van der Waals surface area contributed by atoms with Gasteiger partial charge in [0.25, 0.3) is 0 Å². The number of benzene rings is 1. The first-order valence-electron chi connectivity index (χ1n) is 9.76. The topological polar surface area (TPSA) is 74.3 Å². The quantitative estimate of drug-likeness (QED) is 0.553. The number of nitrogens with zero attached hydrogens (tertiary/aromatic N) is 1. The first-order valence-corrected chi connectivity index (χ1v) is 10.5. The number of hydrogen-bond acceptors (Lipinski definition) is 6. The lowest BCUT2D eigenvalue weighted by Gasteiger charge is -2.35. The van der Waals surface area contributed by atoms with E-state index in [1.807, 2.05) is 6.92 Å². The van der Waals surface area contributed by atoms with Gasteiger partial charge in [-0.05, 0) is 60.6 Å². The van der Waals surface area contributed by atoms with Gasteiger partial charge in [-0.15, -0.1) is 0 Å². The fraction of sp³-hybridized carbons (Fsp3) is 0.619. The zero-order valence-electron chi connectivity index (χ0n) is 18.4. The van der Waals surface area contributed by atoms with Crippen LogP contribution < -0.4 is 4.74 Å². The fourth-order valence-electron chi connectivity index (χ4n) is 3.27. The molecule has 9 heteroatoms. The van der Waals surface area contributed by atoms with Crippen molar-refractivity contribution in [2.24, 2.45) is 0 Å². The molecule has 1 aromatic rings. The summed E-state index contributed by atoms with van der Waals surface area (Å²) in [5.74, 6) is -0.309. The molecule has 7 nitrogen and oxygen atoms in total. The minimum atomic E-state index is -0.878. The molecule has 0 aromatic heterocycles. The predicted octanol–water partition coefficient (Wildman–Crippen LogP) is 5.31. The Morgan fingerprint density at radius 2 is 1.77 bits per heavy atom. The average Bonchev–Trinajstić information content (AvgIpc) is 2.80. The van der Waals surface area contributed by atoms with Crippen LogP contribution in [0.4, 0.5) is 4.79 Å². The molecule has 168 valence electrons. The second-order valence-corrected chi connectivity index (χ2v) is 9.30. The van der Waals surface area contributed by atoms with E-state index in [0.29, 0.717) is 0 Å². The SMILES string of the molecule is CCOC(=O)c1cc(Cl)c(OC[C@H]2[C@@H](C)OC(C)(C)N2C(=O)OC(C)(C)C)c(Cl)c1. The third kappa shape index (κ3) is 5.71. The van der Waals surface area contributed by atoms with Crippen LogP contribution in [0.2, 0.25) is 10.0 Å². The van der Waals surface area contributed by atoms with Crippen LogP contribution in [0.3, 0.4) is 0 Å². The van der Waals surface area contributed by atoms with E-state index in [0.717, 1.165) is 0 Å². The highest BCUT2D eigenvalue weighted by Gasteiger charge is 2.50. The predicted molar refractivity (Wildman–Crippen MR) is 114 cm³/mol. The highest BCUT2D eigenvalue weighted by Crippen LogP contribution is 2.37. The van der Waals surface area contributed by atoms with Crippen LogP contribution in [0, 0.1) is 0 Å². The van der Waals surface area contributed by atoms with E-state index >= 15 is 0 Å². The van der Waals surface area contributed by atoms with Crippen LogP contribution in [-0.2, 0) is 14.2 Å². The molecule has 0 saturated carbocycles. The van der Waals surface area contributed by atoms with Crippen molar-refractivity contribution in [1.82, 2.24) is 4.90 Å². The molecule has 1 amide bonds. The molecular weight excluding hydrogens is 433 g/mol. The van der Waals surface area contributed by atoms with Gasteiger partial charge < -0.3 is 18.9 Å². The summed E-state index contributed by atoms with van der Waals surface area (Å²) >= 11 is 12.6. The number of rotatable bonds is 5. The minimum Gasteiger partial charge on any atom is -0.488 e. The van der Waals surface area contributed by atoms with Gasteiger partial charge in [-0.3, -0.25) is 4.90 Å². The average molecular weight is 462 g/mol. The lowest BCUT2D eigenvalue weighted by Crippen LogP contribution is -2.52. The smallest absolute Gasteiger partial charge is 0.413 e. The highest BCUT2D eigenvalue weighted by atomic mass is 35.5. The molecule has 1 heterocycles. The Labute approximate surface area is 187 Å². The van der Waals surface area contributed by atoms with Crippen molar-refractivity contribution in [2.75, 3.05) is 13.2 Å². The van der Waals surface area contributed by atoms with E-state index in [1.54, 1.807) is 41.5 Å². The highest BCUT2D eigenvalue weighted by molar-refractivity contribution is 6.37. The van der Waals surface area contributed by atoms with Gasteiger partial charge in [0.15, 0.2) is 5.75 Å². The van der Waals surface area contributed by atoms with Crippen molar-refractivity contribution in [3.05, 3.63) is 27.7 Å². The molecule has 30 heavy (non-hydrogen) atoms. The van der Waals surface area contributed by atoms with E-state index < -0.39 is 29.4 Å². The summed E-state index contributed by atoms with van der Waals surface area (Å²) in [4.78, 5) is 26.3. The fourth-order valence-corrected chi connectivity index (χ4v) is 3.87. The van der Waals surface area contributed by atoms with E-state index in [-0.39, 0.29) is 40.7 Å². The maximum absolute atomic E-state index is 12.8. The number of halogens is 2. The Morgan fingerprint density at radius 3 is 2.27 bits per heavy atom. The van der Waals surface area contributed by atoms with Crippen LogP contribution in [0.25, 0.3) is 0 Å². The van der Waals surface area contributed by atoms with Gasteiger partial charge in [0.1, 0.15) is 17.9 Å². The Hall–Kier alpha value is -1.70. The Balaban J connectivity index is 2.22. The van der Waals surface area contributed by atoms with Gasteiger partial charge in [-0.2, -0.15) is 0 Å². The molecule has 0 unspecified atom stereocenters. The number of ether oxygens (including phenoxy) is 4. The van der Waals surface area contributed by atoms with E-state index in [4.69, 9.17) is 42.1 Å². The van der Waals surface area contributed by atoms with Crippen LogP contribution in [0.15, 0.2) is 12.1 Å². The summed E-state index contributed by atoms with van der Waals surface area (Å²) in [5, 5.41) is 0.334. The molecule has 2 rings (SSSR count). The molecule has 1 aliphatic rings. The molecular formula is C21H29Cl2NO6. The Bertz CT molecular complexity index is 782. The standard InChI is InChI=1S/C21H29Cl2NO6/c1-8-27-18(25)13-9-14(22)17(15(23)10-13)28-11-16-12(2)29-21(6,7)24(16)19(26)30-20(3,4)5/h9-10,12,16H,8,11H2,1-7H3/t12-,16+/m1/s1. The normalized spacial score (nSPS) is 20.8. The van der Waals surface area contributed by atoms with Crippen molar-refractivity contribution in [1.29, 1.82) is 0 Å². The molecule has 0 N–H and O–H groups in total. The van der Waals surface area contributed by atoms with Gasteiger partial charge >= 0.3 is 12.1 Å². The second-order valence-electron chi connectivity index (χ2n) is 8.49. The Kier molecular flexibility index (Phi) is 7.54. The lowest BCUT2D eigenvalue weighted by molar-refractivity contribution is -0.0760. The lowest BCUT2D eigenvalue weighted by atomic mass is 10.1. The van der Waals surface area contributed by atoms with Crippen LogP contribution >= 0.6 is 23.2 Å². The van der Waals surface area contributed by atoms with Gasteiger partial charge in [-0.1, -0.05) is 23.2 Å². The molecule has 0 radical (unpaired) electrons. The summed E-state index contributed by atoms with van der Waals surface area (Å²) in [5.41, 5.74) is -1.30. The number of amides is 1. The summed E-state index contributed by atoms with van der Waals surface area (Å²) < 4.78 is 22.3. The van der Waals surface area contributed by atoms with Gasteiger partial charge in [0, 0.05) is 0 Å². The van der Waals surface area contributed by atoms with Crippen LogP contribution in [0.5, 0.6) is 5.75 Å². The molecule has 1 fully saturated rings. The van der Waals surface area contributed by atoms with Crippen molar-refractivity contribution < 1.29 is 28.5 Å². The first-order chi connectivity index (χ1) is 13.8. The minimum absolute atomic E-state index is 0.0715. The Morgan fingerprint density at radius 1 is 1.20 bits per heavy atom. The maximum atomic E-state index is 12.8. The van der Waals surface area contributed by atoms with E-state index in [1.165, 1.54) is 17.0 Å². The summed E-state index contributed by atoms with van der Waals surface area (Å²) in [7, 11) is 0. The van der Waals surface area contributed by atoms with E-state index in [2.05, 4.69) is 0 Å². The van der Waals surface area contributed by atoms with Crippen molar-refractivity contribution in [2.45, 2.75) is 71.9 Å². The monoisotopic (exact) mass is 461 g/mol. The third-order valence-corrected chi connectivity index (χ3v) is 4.99. The zero-order valence-corrected chi connectivity index (χ0v) is 19.9. The molecule has 1 saturated heterocycles. The van der Waals surface area contributed by atoms with Crippen LogP contribution in [0.1, 0.15) is 58.8 Å². The van der Waals surface area contributed by atoms with Gasteiger partial charge in [0.2, 0.25) is 0 Å². The van der Waals surface area contributed by atoms with Crippen molar-refractivity contribution >= 4 is 35.3 Å². The summed E-state index contributed by atoms with van der Waals surface area (Å²) in [6.07, 6.45) is -0.816. The zero-order chi connectivity index (χ0) is 22.9. The van der Waals surface area contributed by atoms with Gasteiger partial charge in [-0.25, -0.2) is 9.59 Å². The van der Waals surface area contributed by atoms with E-state index in [9.17, 15) is 9.59 Å². The summed E-state index contributed by atoms with van der Waals surface area (Å²) in [6.45, 7) is 12.9. The first kappa shape index (κ1) is 24.6. The summed E-state index contributed by atoms with van der Waals surface area (Å²) in [6, 6.07) is 2.43. The number of carbonyl (C=O) groups excluding carboxylic acids is 2. The molecule has 1 aliphatic heterocycles. The largest absolute Gasteiger partial charge is 0.488 e. The number of hydrogen-bond donors (Lipinski definition) is 0. The van der Waals surface area contributed by atoms with Gasteiger partial charge in [0.05, 0.1) is 34.4 Å². The van der Waals surface area contributed by atoms with Crippen molar-refractivity contribution in [3.63, 3.8) is 0 Å². The molecule has 2 atom stereocenters. The van der Waals surface area contributed by atoms with Crippen molar-refractivity contribution in [3.8, 4) is 5.75 Å². The number of esters is 1. The molecule has 0 bridgehead atoms. The molecule has 1 aromatic carbocycles. The maximum Gasteiger partial charge on any atom is 0.413 e. The third-order valence-electron chi connectivity index (χ3n) is 4.43. The second kappa shape index (κ2) is 9.20. The number of carbonyl (C=O) groups is 2.